The van der Waals surface area contributed by atoms with Gasteiger partial charge in [0, 0.05) is 17.6 Å². The second-order valence-corrected chi connectivity index (χ2v) is 4.07. The van der Waals surface area contributed by atoms with Crippen LogP contribution in [0.4, 0.5) is 5.69 Å². The molecule has 1 aromatic rings. The van der Waals surface area contributed by atoms with Crippen molar-refractivity contribution in [1.82, 2.24) is 4.98 Å². The van der Waals surface area contributed by atoms with Crippen LogP contribution in [0.1, 0.15) is 5.56 Å². The van der Waals surface area contributed by atoms with Gasteiger partial charge in [-0.25, -0.2) is 4.98 Å². The largest absolute Gasteiger partial charge is 0.398 e. The predicted molar refractivity (Wildman–Crippen MR) is 57.2 cm³/mol. The molecule has 78 valence electrons. The topological polar surface area (TPSA) is 79.4 Å². The van der Waals surface area contributed by atoms with Gasteiger partial charge in [-0.3, -0.25) is 0 Å². The number of nitrogens with zero attached hydrogens (tertiary/aromatic N) is 1. The number of aryl methyl sites for hydroxylation is 1. The number of rotatable bonds is 4. The van der Waals surface area contributed by atoms with E-state index < -0.39 is 6.10 Å². The van der Waals surface area contributed by atoms with Crippen LogP contribution in [0, 0.1) is 6.92 Å². The lowest BCUT2D eigenvalue weighted by atomic mass is 10.3. The Bertz CT molecular complexity index is 307. The number of aliphatic hydroxyl groups excluding tert-OH is 2. The lowest BCUT2D eigenvalue weighted by Gasteiger charge is -2.06. The molecule has 0 fully saturated rings. The first-order valence-corrected chi connectivity index (χ1v) is 5.26. The molecule has 0 aliphatic rings. The molecule has 1 heterocycles. The molecule has 0 saturated heterocycles. The highest BCUT2D eigenvalue weighted by molar-refractivity contribution is 7.99. The van der Waals surface area contributed by atoms with Crippen LogP contribution in [0.2, 0.25) is 0 Å². The Balaban J connectivity index is 2.55. The Morgan fingerprint density at radius 3 is 2.93 bits per heavy atom. The van der Waals surface area contributed by atoms with E-state index in [9.17, 15) is 0 Å². The maximum atomic E-state index is 9.11. The van der Waals surface area contributed by atoms with Gasteiger partial charge >= 0.3 is 0 Å². The highest BCUT2D eigenvalue weighted by atomic mass is 32.2. The summed E-state index contributed by atoms with van der Waals surface area (Å²) in [5.74, 6) is 0.423. The van der Waals surface area contributed by atoms with Crippen molar-refractivity contribution < 1.29 is 10.2 Å². The van der Waals surface area contributed by atoms with Gasteiger partial charge in [-0.2, -0.15) is 0 Å². The molecule has 0 aromatic carbocycles. The van der Waals surface area contributed by atoms with E-state index in [2.05, 4.69) is 4.98 Å². The van der Waals surface area contributed by atoms with Crippen LogP contribution in [0.5, 0.6) is 0 Å². The van der Waals surface area contributed by atoms with E-state index in [1.165, 1.54) is 11.8 Å². The van der Waals surface area contributed by atoms with Crippen molar-refractivity contribution in [3.05, 3.63) is 17.8 Å². The number of nitrogens with two attached hydrogens (primary N) is 1. The van der Waals surface area contributed by atoms with E-state index in [0.717, 1.165) is 10.6 Å². The maximum absolute atomic E-state index is 9.11. The Kier molecular flexibility index (Phi) is 4.19. The summed E-state index contributed by atoms with van der Waals surface area (Å²) in [5.41, 5.74) is 7.33. The maximum Gasteiger partial charge on any atom is 0.0981 e. The average molecular weight is 214 g/mol. The Hall–Kier alpha value is -0.780. The molecule has 0 bridgehead atoms. The molecule has 0 aliphatic heterocycles. The molecule has 0 saturated carbocycles. The van der Waals surface area contributed by atoms with Crippen molar-refractivity contribution in [3.8, 4) is 0 Å². The fraction of sp³-hybridized carbons (Fsp3) is 0.444. The minimum Gasteiger partial charge on any atom is -0.398 e. The Morgan fingerprint density at radius 1 is 1.64 bits per heavy atom. The van der Waals surface area contributed by atoms with Crippen molar-refractivity contribution in [2.45, 2.75) is 18.1 Å². The molecule has 14 heavy (non-hydrogen) atoms. The molecule has 4 nitrogen and oxygen atoms in total. The SMILES string of the molecule is Cc1cnc(SCC(O)CO)cc1N. The third kappa shape index (κ3) is 3.17. The summed E-state index contributed by atoms with van der Waals surface area (Å²) in [6.07, 6.45) is 0.993. The number of thioether (sulfide) groups is 1. The quantitative estimate of drug-likeness (QED) is 0.633. The fourth-order valence-electron chi connectivity index (χ4n) is 0.832. The van der Waals surface area contributed by atoms with Crippen LogP contribution in [0.3, 0.4) is 0 Å². The second-order valence-electron chi connectivity index (χ2n) is 3.03. The molecule has 0 aliphatic carbocycles. The first kappa shape index (κ1) is 11.3. The molecular weight excluding hydrogens is 200 g/mol. The Labute approximate surface area is 87.2 Å². The lowest BCUT2D eigenvalue weighted by molar-refractivity contribution is 0.113. The van der Waals surface area contributed by atoms with Crippen molar-refractivity contribution in [2.24, 2.45) is 0 Å². The van der Waals surface area contributed by atoms with Crippen LogP contribution < -0.4 is 5.73 Å². The lowest BCUT2D eigenvalue weighted by Crippen LogP contribution is -2.14. The van der Waals surface area contributed by atoms with Gasteiger partial charge in [0.2, 0.25) is 0 Å². The summed E-state index contributed by atoms with van der Waals surface area (Å²) in [5, 5.41) is 18.5. The fourth-order valence-corrected chi connectivity index (χ4v) is 1.64. The van der Waals surface area contributed by atoms with Crippen LogP contribution in [-0.2, 0) is 0 Å². The van der Waals surface area contributed by atoms with Gasteiger partial charge in [-0.1, -0.05) is 0 Å². The zero-order chi connectivity index (χ0) is 10.6. The van der Waals surface area contributed by atoms with Crippen LogP contribution >= 0.6 is 11.8 Å². The van der Waals surface area contributed by atoms with Gasteiger partial charge in [0.25, 0.3) is 0 Å². The van der Waals surface area contributed by atoms with Gasteiger partial charge in [0.15, 0.2) is 0 Å². The molecular formula is C9H14N2O2S. The van der Waals surface area contributed by atoms with Gasteiger partial charge in [-0.05, 0) is 18.6 Å². The van der Waals surface area contributed by atoms with Crippen molar-refractivity contribution in [1.29, 1.82) is 0 Å². The smallest absolute Gasteiger partial charge is 0.0981 e. The van der Waals surface area contributed by atoms with Gasteiger partial charge in [0.05, 0.1) is 17.7 Å². The number of hydrogen-bond donors (Lipinski definition) is 3. The molecule has 1 atom stereocenters. The van der Waals surface area contributed by atoms with E-state index in [4.69, 9.17) is 15.9 Å². The molecule has 1 aromatic heterocycles. The highest BCUT2D eigenvalue weighted by Crippen LogP contribution is 2.20. The molecule has 5 heteroatoms. The predicted octanol–water partition coefficient (Wildman–Crippen LogP) is 0.418. The van der Waals surface area contributed by atoms with Crippen molar-refractivity contribution >= 4 is 17.4 Å². The molecule has 1 rings (SSSR count). The second kappa shape index (κ2) is 5.19. The number of anilines is 1. The highest BCUT2D eigenvalue weighted by Gasteiger charge is 2.04. The first-order chi connectivity index (χ1) is 6.63. The number of pyridine rings is 1. The third-order valence-electron chi connectivity index (χ3n) is 1.75. The Morgan fingerprint density at radius 2 is 2.36 bits per heavy atom. The summed E-state index contributed by atoms with van der Waals surface area (Å²) in [6, 6.07) is 1.77. The van der Waals surface area contributed by atoms with Crippen molar-refractivity contribution in [2.75, 3.05) is 18.1 Å². The normalized spacial score (nSPS) is 12.8. The van der Waals surface area contributed by atoms with Gasteiger partial charge in [0.1, 0.15) is 0 Å². The van der Waals surface area contributed by atoms with E-state index in [1.54, 1.807) is 12.3 Å². The summed E-state index contributed by atoms with van der Waals surface area (Å²) in [7, 11) is 0. The van der Waals surface area contributed by atoms with Crippen LogP contribution in [0.25, 0.3) is 0 Å². The van der Waals surface area contributed by atoms with Crippen LogP contribution in [0.15, 0.2) is 17.3 Å². The molecule has 0 spiro atoms. The van der Waals surface area contributed by atoms with Gasteiger partial charge < -0.3 is 15.9 Å². The minimum absolute atomic E-state index is 0.228. The third-order valence-corrected chi connectivity index (χ3v) is 2.82. The zero-order valence-corrected chi connectivity index (χ0v) is 8.79. The molecule has 1 unspecified atom stereocenters. The first-order valence-electron chi connectivity index (χ1n) is 4.27. The molecule has 0 radical (unpaired) electrons. The van der Waals surface area contributed by atoms with Crippen LogP contribution in [-0.4, -0.2) is 33.7 Å². The summed E-state index contributed by atoms with van der Waals surface area (Å²) in [4.78, 5) is 4.14. The average Bonchev–Trinajstić information content (AvgIpc) is 2.19. The zero-order valence-electron chi connectivity index (χ0n) is 7.97. The molecule has 4 N–H and O–H groups in total. The standard InChI is InChI=1S/C9H14N2O2S/c1-6-3-11-9(2-8(6)10)14-5-7(13)4-12/h2-3,7,12-13H,4-5H2,1H3,(H2,10,11). The summed E-state index contributed by atoms with van der Waals surface area (Å²) < 4.78 is 0. The number of aliphatic hydroxyl groups is 2. The van der Waals surface area contributed by atoms with E-state index in [-0.39, 0.29) is 6.61 Å². The summed E-state index contributed by atoms with van der Waals surface area (Å²) >= 11 is 1.37. The van der Waals surface area contributed by atoms with E-state index in [1.807, 2.05) is 6.92 Å². The monoisotopic (exact) mass is 214 g/mol. The molecule has 0 amide bonds. The number of hydrogen-bond acceptors (Lipinski definition) is 5. The summed E-state index contributed by atoms with van der Waals surface area (Å²) in [6.45, 7) is 1.66. The van der Waals surface area contributed by atoms with E-state index in [0.29, 0.717) is 11.4 Å². The van der Waals surface area contributed by atoms with E-state index >= 15 is 0 Å². The van der Waals surface area contributed by atoms with Gasteiger partial charge in [-0.15, -0.1) is 11.8 Å². The number of aromatic nitrogens is 1. The minimum atomic E-state index is -0.704. The van der Waals surface area contributed by atoms with Crippen molar-refractivity contribution in [3.63, 3.8) is 0 Å². The number of nitrogen functional groups attached to an aromatic ring is 1.